The largest absolute Gasteiger partial charge is 0.300 e. The molecule has 3 aliphatic rings. The Bertz CT molecular complexity index is 490. The third-order valence-electron chi connectivity index (χ3n) is 8.23. The first-order valence-electron chi connectivity index (χ1n) is 9.58. The van der Waals surface area contributed by atoms with Crippen molar-refractivity contribution in [3.8, 4) is 0 Å². The zero-order valence-electron chi connectivity index (χ0n) is 15.2. The Morgan fingerprint density at radius 2 is 1.91 bits per heavy atom. The van der Waals surface area contributed by atoms with E-state index in [1.165, 1.54) is 38.5 Å². The molecule has 0 aromatic rings. The zero-order chi connectivity index (χ0) is 16.1. The fourth-order valence-corrected chi connectivity index (χ4v) is 6.86. The van der Waals surface area contributed by atoms with Crippen LogP contribution < -0.4 is 0 Å². The van der Waals surface area contributed by atoms with Crippen LogP contribution in [0.5, 0.6) is 0 Å². The van der Waals surface area contributed by atoms with Gasteiger partial charge in [0.25, 0.3) is 0 Å². The Balaban J connectivity index is 1.95. The standard InChI is InChI=1S/C21H34O/c1-6-15-8-9-16-18-11-10-17(14(3)22)21(18,5)13-12-19(16)20(15,4)7-2/h8,16-19H,6-7,9-13H2,1-5H3. The maximum Gasteiger partial charge on any atom is 0.133 e. The summed E-state index contributed by atoms with van der Waals surface area (Å²) in [5.74, 6) is 3.23. The summed E-state index contributed by atoms with van der Waals surface area (Å²) < 4.78 is 0. The topological polar surface area (TPSA) is 17.1 Å². The normalized spacial score (nSPS) is 47.6. The molecule has 124 valence electrons. The molecule has 6 unspecified atom stereocenters. The number of hydrogen-bond donors (Lipinski definition) is 0. The van der Waals surface area contributed by atoms with Crippen molar-refractivity contribution >= 4 is 5.78 Å². The number of carbonyl (C=O) groups is 1. The van der Waals surface area contributed by atoms with Crippen molar-refractivity contribution in [1.82, 2.24) is 0 Å². The van der Waals surface area contributed by atoms with Crippen LogP contribution in [0.15, 0.2) is 11.6 Å². The van der Waals surface area contributed by atoms with E-state index in [0.29, 0.717) is 22.5 Å². The molecule has 0 amide bonds. The van der Waals surface area contributed by atoms with Gasteiger partial charge < -0.3 is 0 Å². The molecule has 0 aliphatic heterocycles. The van der Waals surface area contributed by atoms with Crippen molar-refractivity contribution in [3.05, 3.63) is 11.6 Å². The van der Waals surface area contributed by atoms with E-state index in [-0.39, 0.29) is 0 Å². The first-order chi connectivity index (χ1) is 10.4. The van der Waals surface area contributed by atoms with Gasteiger partial charge in [-0.2, -0.15) is 0 Å². The number of carbonyl (C=O) groups excluding carboxylic acids is 1. The molecule has 0 radical (unpaired) electrons. The first kappa shape index (κ1) is 16.3. The second kappa shape index (κ2) is 5.49. The van der Waals surface area contributed by atoms with Crippen LogP contribution in [0.1, 0.15) is 79.6 Å². The number of hydrogen-bond acceptors (Lipinski definition) is 1. The van der Waals surface area contributed by atoms with Gasteiger partial charge in [0.1, 0.15) is 5.78 Å². The molecule has 22 heavy (non-hydrogen) atoms. The molecule has 0 aromatic carbocycles. The Kier molecular flexibility index (Phi) is 4.06. The molecule has 0 aromatic heterocycles. The maximum atomic E-state index is 12.1. The minimum atomic E-state index is 0.291. The van der Waals surface area contributed by atoms with Gasteiger partial charge in [0, 0.05) is 5.92 Å². The van der Waals surface area contributed by atoms with Crippen LogP contribution in [0.25, 0.3) is 0 Å². The minimum Gasteiger partial charge on any atom is -0.300 e. The Morgan fingerprint density at radius 3 is 2.50 bits per heavy atom. The van der Waals surface area contributed by atoms with Gasteiger partial charge in [0.05, 0.1) is 0 Å². The molecule has 2 saturated carbocycles. The molecule has 1 nitrogen and oxygen atoms in total. The predicted octanol–water partition coefficient (Wildman–Crippen LogP) is 5.79. The van der Waals surface area contributed by atoms with Crippen LogP contribution >= 0.6 is 0 Å². The molecule has 1 heteroatoms. The molecule has 0 bridgehead atoms. The van der Waals surface area contributed by atoms with Crippen LogP contribution in [0.3, 0.4) is 0 Å². The predicted molar refractivity (Wildman–Crippen MR) is 92.6 cm³/mol. The van der Waals surface area contributed by atoms with Gasteiger partial charge in [-0.25, -0.2) is 0 Å². The highest BCUT2D eigenvalue weighted by molar-refractivity contribution is 5.79. The summed E-state index contributed by atoms with van der Waals surface area (Å²) >= 11 is 0. The number of Topliss-reactive ketones (excluding diaryl/α,β-unsaturated/α-hetero) is 1. The first-order valence-corrected chi connectivity index (χ1v) is 9.58. The van der Waals surface area contributed by atoms with Crippen molar-refractivity contribution < 1.29 is 4.79 Å². The van der Waals surface area contributed by atoms with Gasteiger partial charge in [-0.1, -0.05) is 39.3 Å². The molecule has 0 heterocycles. The third kappa shape index (κ3) is 2.07. The Hall–Kier alpha value is -0.590. The summed E-state index contributed by atoms with van der Waals surface area (Å²) in [5, 5.41) is 0. The highest BCUT2D eigenvalue weighted by atomic mass is 16.1. The lowest BCUT2D eigenvalue weighted by atomic mass is 9.48. The summed E-state index contributed by atoms with van der Waals surface area (Å²) in [6.45, 7) is 11.5. The van der Waals surface area contributed by atoms with E-state index in [1.54, 1.807) is 5.57 Å². The third-order valence-corrected chi connectivity index (χ3v) is 8.23. The molecular weight excluding hydrogens is 268 g/mol. The second-order valence-electron chi connectivity index (χ2n) is 8.75. The molecule has 3 aliphatic carbocycles. The van der Waals surface area contributed by atoms with E-state index in [4.69, 9.17) is 0 Å². The van der Waals surface area contributed by atoms with E-state index in [0.717, 1.165) is 24.2 Å². The van der Waals surface area contributed by atoms with Crippen LogP contribution in [-0.2, 0) is 4.79 Å². The van der Waals surface area contributed by atoms with Gasteiger partial charge in [0.15, 0.2) is 0 Å². The zero-order valence-corrected chi connectivity index (χ0v) is 15.2. The fourth-order valence-electron chi connectivity index (χ4n) is 6.86. The summed E-state index contributed by atoms with van der Waals surface area (Å²) in [6.07, 6.45) is 11.4. The highest BCUT2D eigenvalue weighted by Crippen LogP contribution is 2.65. The number of ketones is 1. The quantitative estimate of drug-likeness (QED) is 0.603. The Labute approximate surface area is 136 Å². The van der Waals surface area contributed by atoms with Crippen molar-refractivity contribution in [2.45, 2.75) is 79.6 Å². The fraction of sp³-hybridized carbons (Fsp3) is 0.857. The smallest absolute Gasteiger partial charge is 0.133 e. The maximum absolute atomic E-state index is 12.1. The molecule has 0 spiro atoms. The van der Waals surface area contributed by atoms with Gasteiger partial charge in [-0.15, -0.1) is 0 Å². The van der Waals surface area contributed by atoms with Crippen molar-refractivity contribution in [2.24, 2.45) is 34.5 Å². The summed E-state index contributed by atoms with van der Waals surface area (Å²) in [7, 11) is 0. The highest BCUT2D eigenvalue weighted by Gasteiger charge is 2.58. The Morgan fingerprint density at radius 1 is 1.18 bits per heavy atom. The van der Waals surface area contributed by atoms with Crippen molar-refractivity contribution in [2.75, 3.05) is 0 Å². The van der Waals surface area contributed by atoms with E-state index < -0.39 is 0 Å². The molecule has 3 rings (SSSR count). The molecule has 0 saturated heterocycles. The minimum absolute atomic E-state index is 0.291. The van der Waals surface area contributed by atoms with E-state index in [1.807, 2.05) is 6.92 Å². The number of fused-ring (bicyclic) bond motifs is 3. The summed E-state index contributed by atoms with van der Waals surface area (Å²) in [5.41, 5.74) is 2.41. The monoisotopic (exact) mass is 302 g/mol. The SMILES string of the molecule is CCC1=CCC2C(CCC3(C)C(C(C)=O)CCC23)C1(C)CC. The van der Waals surface area contributed by atoms with Crippen LogP contribution in [-0.4, -0.2) is 5.78 Å². The number of allylic oxidation sites excluding steroid dienone is 2. The van der Waals surface area contributed by atoms with Crippen molar-refractivity contribution in [1.29, 1.82) is 0 Å². The summed E-state index contributed by atoms with van der Waals surface area (Å²) in [6, 6.07) is 0. The van der Waals surface area contributed by atoms with Crippen LogP contribution in [0.2, 0.25) is 0 Å². The average Bonchev–Trinajstić information content (AvgIpc) is 2.85. The lowest BCUT2D eigenvalue weighted by Gasteiger charge is -2.56. The lowest BCUT2D eigenvalue weighted by Crippen LogP contribution is -2.49. The molecule has 2 fully saturated rings. The molecule has 6 atom stereocenters. The van der Waals surface area contributed by atoms with Crippen molar-refractivity contribution in [3.63, 3.8) is 0 Å². The molecular formula is C21H34O. The van der Waals surface area contributed by atoms with E-state index in [2.05, 4.69) is 33.8 Å². The van der Waals surface area contributed by atoms with E-state index in [9.17, 15) is 4.79 Å². The van der Waals surface area contributed by atoms with Crippen LogP contribution in [0, 0.1) is 34.5 Å². The van der Waals surface area contributed by atoms with E-state index >= 15 is 0 Å². The second-order valence-corrected chi connectivity index (χ2v) is 8.75. The van der Waals surface area contributed by atoms with Gasteiger partial charge >= 0.3 is 0 Å². The van der Waals surface area contributed by atoms with Gasteiger partial charge in [0.2, 0.25) is 0 Å². The average molecular weight is 303 g/mol. The lowest BCUT2D eigenvalue weighted by molar-refractivity contribution is -0.127. The van der Waals surface area contributed by atoms with Gasteiger partial charge in [-0.3, -0.25) is 4.79 Å². The van der Waals surface area contributed by atoms with Crippen LogP contribution in [0.4, 0.5) is 0 Å². The molecule has 0 N–H and O–H groups in total. The number of rotatable bonds is 3. The van der Waals surface area contributed by atoms with Gasteiger partial charge in [-0.05, 0) is 80.5 Å². The summed E-state index contributed by atoms with van der Waals surface area (Å²) in [4.78, 5) is 12.1.